The van der Waals surface area contributed by atoms with Crippen LogP contribution in [-0.4, -0.2) is 34.1 Å². The summed E-state index contributed by atoms with van der Waals surface area (Å²) in [7, 11) is 2.19. The molecule has 4 nitrogen and oxygen atoms in total. The second-order valence-electron chi connectivity index (χ2n) is 5.66. The molecule has 3 rings (SSSR count). The number of para-hydroxylation sites is 2. The van der Waals surface area contributed by atoms with Gasteiger partial charge < -0.3 is 9.47 Å². The van der Waals surface area contributed by atoms with Crippen molar-refractivity contribution in [1.29, 1.82) is 0 Å². The molecular weight excluding hydrogens is 250 g/mol. The number of fused-ring (bicyclic) bond motifs is 1. The highest BCUT2D eigenvalue weighted by Gasteiger charge is 2.18. The van der Waals surface area contributed by atoms with E-state index in [-0.39, 0.29) is 5.56 Å². The summed E-state index contributed by atoms with van der Waals surface area (Å²) in [5, 5.41) is 0. The molecule has 1 atom stereocenters. The van der Waals surface area contributed by atoms with E-state index in [0.29, 0.717) is 6.04 Å². The van der Waals surface area contributed by atoms with Gasteiger partial charge in [-0.2, -0.15) is 0 Å². The Morgan fingerprint density at radius 2 is 2.15 bits per heavy atom. The van der Waals surface area contributed by atoms with Crippen molar-refractivity contribution in [3.63, 3.8) is 0 Å². The van der Waals surface area contributed by atoms with E-state index in [9.17, 15) is 4.79 Å². The maximum Gasteiger partial charge on any atom is 0.269 e. The quantitative estimate of drug-likeness (QED) is 0.859. The molecule has 0 amide bonds. The van der Waals surface area contributed by atoms with Crippen LogP contribution < -0.4 is 5.56 Å². The Balaban J connectivity index is 1.83. The lowest BCUT2D eigenvalue weighted by Crippen LogP contribution is -2.37. The van der Waals surface area contributed by atoms with Crippen LogP contribution in [0.1, 0.15) is 25.7 Å². The summed E-state index contributed by atoms with van der Waals surface area (Å²) < 4.78 is 1.87. The molecule has 0 N–H and O–H groups in total. The maximum atomic E-state index is 12.1. The van der Waals surface area contributed by atoms with Crippen LogP contribution in [0.15, 0.2) is 35.3 Å². The largest absolute Gasteiger partial charge is 0.305 e. The molecule has 106 valence electrons. The predicted octanol–water partition coefficient (Wildman–Crippen LogP) is 2.27. The number of aryl methyl sites for hydroxylation is 1. The molecule has 1 aliphatic rings. The molecule has 20 heavy (non-hydrogen) atoms. The first-order chi connectivity index (χ1) is 9.75. The summed E-state index contributed by atoms with van der Waals surface area (Å²) in [5.74, 6) is 0. The zero-order valence-corrected chi connectivity index (χ0v) is 12.0. The van der Waals surface area contributed by atoms with E-state index in [0.717, 1.165) is 24.0 Å². The second-order valence-corrected chi connectivity index (χ2v) is 5.66. The third-order valence-corrected chi connectivity index (χ3v) is 4.36. The van der Waals surface area contributed by atoms with Gasteiger partial charge in [-0.15, -0.1) is 0 Å². The highest BCUT2D eigenvalue weighted by molar-refractivity contribution is 5.74. The van der Waals surface area contributed by atoms with Crippen LogP contribution in [0.4, 0.5) is 0 Å². The molecule has 0 saturated carbocycles. The molecule has 1 saturated heterocycles. The van der Waals surface area contributed by atoms with Crippen molar-refractivity contribution >= 4 is 11.0 Å². The highest BCUT2D eigenvalue weighted by atomic mass is 16.1. The zero-order valence-electron chi connectivity index (χ0n) is 12.0. The van der Waals surface area contributed by atoms with Crippen LogP contribution in [0.5, 0.6) is 0 Å². The fourth-order valence-corrected chi connectivity index (χ4v) is 3.13. The molecule has 2 aromatic rings. The summed E-state index contributed by atoms with van der Waals surface area (Å²) in [4.78, 5) is 18.7. The molecule has 0 aliphatic carbocycles. The Hall–Kier alpha value is -1.68. The van der Waals surface area contributed by atoms with Crippen molar-refractivity contribution in [3.8, 4) is 0 Å². The lowest BCUT2D eigenvalue weighted by atomic mass is 10.00. The van der Waals surface area contributed by atoms with Gasteiger partial charge in [0.25, 0.3) is 5.56 Å². The maximum absolute atomic E-state index is 12.1. The molecule has 2 heterocycles. The molecule has 1 aliphatic heterocycles. The Kier molecular flexibility index (Phi) is 3.83. The van der Waals surface area contributed by atoms with Crippen LogP contribution in [0, 0.1) is 0 Å². The summed E-state index contributed by atoms with van der Waals surface area (Å²) in [6, 6.07) is 8.46. The van der Waals surface area contributed by atoms with Crippen LogP contribution in [0.3, 0.4) is 0 Å². The number of aromatic nitrogens is 2. The van der Waals surface area contributed by atoms with E-state index >= 15 is 0 Å². The average Bonchev–Trinajstić information content (AvgIpc) is 2.48. The minimum absolute atomic E-state index is 0.00200. The first kappa shape index (κ1) is 13.3. The van der Waals surface area contributed by atoms with Crippen molar-refractivity contribution in [3.05, 3.63) is 40.8 Å². The Labute approximate surface area is 119 Å². The standard InChI is InChI=1S/C16H21N3O/c1-18-10-5-4-6-13(18)9-11-19-15-8-3-2-7-14(15)17-12-16(19)20/h2-3,7-8,12-13H,4-6,9-11H2,1H3. The van der Waals surface area contributed by atoms with Crippen LogP contribution >= 0.6 is 0 Å². The normalized spacial score (nSPS) is 20.4. The van der Waals surface area contributed by atoms with Crippen LogP contribution in [0.25, 0.3) is 11.0 Å². The summed E-state index contributed by atoms with van der Waals surface area (Å²) in [6.45, 7) is 1.95. The molecule has 1 unspecified atom stereocenters. The first-order valence-electron chi connectivity index (χ1n) is 7.40. The van der Waals surface area contributed by atoms with Gasteiger partial charge >= 0.3 is 0 Å². The van der Waals surface area contributed by atoms with Gasteiger partial charge in [0, 0.05) is 12.6 Å². The van der Waals surface area contributed by atoms with Crippen molar-refractivity contribution in [2.75, 3.05) is 13.6 Å². The van der Waals surface area contributed by atoms with Gasteiger partial charge in [-0.3, -0.25) is 4.79 Å². The molecule has 1 fully saturated rings. The van der Waals surface area contributed by atoms with Gasteiger partial charge in [0.2, 0.25) is 0 Å². The lowest BCUT2D eigenvalue weighted by Gasteiger charge is -2.32. The van der Waals surface area contributed by atoms with Gasteiger partial charge in [0.15, 0.2) is 0 Å². The van der Waals surface area contributed by atoms with Crippen molar-refractivity contribution < 1.29 is 0 Å². The van der Waals surface area contributed by atoms with E-state index < -0.39 is 0 Å². The third-order valence-electron chi connectivity index (χ3n) is 4.36. The zero-order chi connectivity index (χ0) is 13.9. The molecule has 1 aromatic carbocycles. The SMILES string of the molecule is CN1CCCCC1CCn1c(=O)cnc2ccccc21. The van der Waals surface area contributed by atoms with E-state index in [1.807, 2.05) is 28.8 Å². The van der Waals surface area contributed by atoms with E-state index in [2.05, 4.69) is 16.9 Å². The number of hydrogen-bond acceptors (Lipinski definition) is 3. The molecule has 1 aromatic heterocycles. The van der Waals surface area contributed by atoms with Gasteiger partial charge in [0.05, 0.1) is 17.2 Å². The number of hydrogen-bond donors (Lipinski definition) is 0. The summed E-state index contributed by atoms with van der Waals surface area (Å²) >= 11 is 0. The first-order valence-corrected chi connectivity index (χ1v) is 7.40. The van der Waals surface area contributed by atoms with E-state index in [4.69, 9.17) is 0 Å². The lowest BCUT2D eigenvalue weighted by molar-refractivity contribution is 0.171. The van der Waals surface area contributed by atoms with Crippen LogP contribution in [-0.2, 0) is 6.54 Å². The Bertz CT molecular complexity index is 649. The minimum Gasteiger partial charge on any atom is -0.305 e. The molecule has 4 heteroatoms. The topological polar surface area (TPSA) is 38.1 Å². The van der Waals surface area contributed by atoms with E-state index in [1.165, 1.54) is 32.0 Å². The number of likely N-dealkylation sites (tertiary alicyclic amines) is 1. The predicted molar refractivity (Wildman–Crippen MR) is 80.9 cm³/mol. The number of benzene rings is 1. The van der Waals surface area contributed by atoms with E-state index in [1.54, 1.807) is 0 Å². The van der Waals surface area contributed by atoms with Crippen molar-refractivity contribution in [2.45, 2.75) is 38.3 Å². The Morgan fingerprint density at radius 3 is 3.00 bits per heavy atom. The van der Waals surface area contributed by atoms with Crippen LogP contribution in [0.2, 0.25) is 0 Å². The van der Waals surface area contributed by atoms with Crippen molar-refractivity contribution in [2.24, 2.45) is 0 Å². The average molecular weight is 271 g/mol. The summed E-state index contributed by atoms with van der Waals surface area (Å²) in [5.41, 5.74) is 1.84. The Morgan fingerprint density at radius 1 is 1.30 bits per heavy atom. The van der Waals surface area contributed by atoms with Gasteiger partial charge in [-0.25, -0.2) is 4.98 Å². The fourth-order valence-electron chi connectivity index (χ4n) is 3.13. The third kappa shape index (κ3) is 2.61. The second kappa shape index (κ2) is 5.75. The van der Waals surface area contributed by atoms with Crippen molar-refractivity contribution in [1.82, 2.24) is 14.5 Å². The fraction of sp³-hybridized carbons (Fsp3) is 0.500. The number of piperidine rings is 1. The van der Waals surface area contributed by atoms with Gasteiger partial charge in [-0.1, -0.05) is 18.6 Å². The number of nitrogens with zero attached hydrogens (tertiary/aromatic N) is 3. The van der Waals surface area contributed by atoms with Gasteiger partial charge in [-0.05, 0) is 45.0 Å². The smallest absolute Gasteiger partial charge is 0.269 e. The summed E-state index contributed by atoms with van der Waals surface area (Å²) in [6.07, 6.45) is 6.32. The van der Waals surface area contributed by atoms with Gasteiger partial charge in [0.1, 0.15) is 0 Å². The molecule has 0 spiro atoms. The molecule has 0 bridgehead atoms. The molecule has 0 radical (unpaired) electrons. The number of rotatable bonds is 3. The highest BCUT2D eigenvalue weighted by Crippen LogP contribution is 2.19. The monoisotopic (exact) mass is 271 g/mol. The minimum atomic E-state index is 0.00200. The molecular formula is C16H21N3O.